The molecule has 0 aliphatic carbocycles. The van der Waals surface area contributed by atoms with Crippen LogP contribution >= 0.6 is 11.8 Å². The minimum absolute atomic E-state index is 0.0540. The molecule has 0 saturated carbocycles. The minimum atomic E-state index is -0.151. The Balaban J connectivity index is 2.07. The van der Waals surface area contributed by atoms with E-state index < -0.39 is 0 Å². The fourth-order valence-corrected chi connectivity index (χ4v) is 2.12. The fraction of sp³-hybridized carbons (Fsp3) is 0.462. The maximum absolute atomic E-state index is 11.1. The Morgan fingerprint density at radius 2 is 2.06 bits per heavy atom. The van der Waals surface area contributed by atoms with Crippen molar-refractivity contribution in [3.8, 4) is 5.75 Å². The van der Waals surface area contributed by atoms with E-state index in [4.69, 9.17) is 4.74 Å². The van der Waals surface area contributed by atoms with Crippen molar-refractivity contribution < 1.29 is 14.3 Å². The van der Waals surface area contributed by atoms with Crippen LogP contribution in [0.5, 0.6) is 5.75 Å². The molecule has 4 heteroatoms. The van der Waals surface area contributed by atoms with Crippen LogP contribution in [-0.4, -0.2) is 31.2 Å². The number of hydrogen-bond acceptors (Lipinski definition) is 4. The first-order valence-electron chi connectivity index (χ1n) is 5.57. The first-order chi connectivity index (χ1) is 8.24. The molecule has 0 aromatic heterocycles. The van der Waals surface area contributed by atoms with Crippen molar-refractivity contribution in [2.24, 2.45) is 5.92 Å². The molecule has 1 unspecified atom stereocenters. The predicted molar refractivity (Wildman–Crippen MR) is 70.4 cm³/mol. The second kappa shape index (κ2) is 8.01. The van der Waals surface area contributed by atoms with E-state index in [1.54, 1.807) is 11.8 Å². The highest BCUT2D eigenvalue weighted by atomic mass is 32.2. The Bertz CT molecular complexity index is 327. The van der Waals surface area contributed by atoms with Crippen LogP contribution in [-0.2, 0) is 9.53 Å². The Kier molecular flexibility index (Phi) is 6.55. The quantitative estimate of drug-likeness (QED) is 0.553. The van der Waals surface area contributed by atoms with Gasteiger partial charge in [0.1, 0.15) is 5.75 Å². The molecular formula is C13H18O3S. The van der Waals surface area contributed by atoms with Crippen LogP contribution in [0.3, 0.4) is 0 Å². The van der Waals surface area contributed by atoms with Gasteiger partial charge in [0.15, 0.2) is 0 Å². The number of ether oxygens (including phenoxy) is 2. The normalized spacial score (nSPS) is 11.9. The largest absolute Gasteiger partial charge is 0.493 e. The lowest BCUT2D eigenvalue weighted by atomic mass is 10.2. The minimum Gasteiger partial charge on any atom is -0.493 e. The van der Waals surface area contributed by atoms with Gasteiger partial charge >= 0.3 is 5.97 Å². The molecule has 0 saturated heterocycles. The number of esters is 1. The molecule has 0 bridgehead atoms. The molecule has 1 aromatic rings. The summed E-state index contributed by atoms with van der Waals surface area (Å²) in [5.41, 5.74) is 0. The van der Waals surface area contributed by atoms with Crippen LogP contribution in [0.1, 0.15) is 6.92 Å². The first kappa shape index (κ1) is 13.9. The van der Waals surface area contributed by atoms with Crippen molar-refractivity contribution >= 4 is 17.7 Å². The Hall–Kier alpha value is -1.16. The monoisotopic (exact) mass is 254 g/mol. The molecule has 17 heavy (non-hydrogen) atoms. The van der Waals surface area contributed by atoms with E-state index in [1.165, 1.54) is 7.11 Å². The fourth-order valence-electron chi connectivity index (χ4n) is 1.26. The maximum atomic E-state index is 11.1. The van der Waals surface area contributed by atoms with Crippen molar-refractivity contribution in [3.05, 3.63) is 30.3 Å². The first-order valence-corrected chi connectivity index (χ1v) is 6.73. The van der Waals surface area contributed by atoms with Crippen LogP contribution < -0.4 is 4.74 Å². The number of hydrogen-bond donors (Lipinski definition) is 0. The average Bonchev–Trinajstić information content (AvgIpc) is 2.38. The second-order valence-electron chi connectivity index (χ2n) is 3.66. The summed E-state index contributed by atoms with van der Waals surface area (Å²) in [7, 11) is 1.42. The van der Waals surface area contributed by atoms with Gasteiger partial charge in [-0.2, -0.15) is 11.8 Å². The van der Waals surface area contributed by atoms with Crippen LogP contribution in [0.2, 0.25) is 0 Å². The highest BCUT2D eigenvalue weighted by Crippen LogP contribution is 2.12. The molecule has 94 valence electrons. The number of thioether (sulfide) groups is 1. The van der Waals surface area contributed by atoms with Crippen molar-refractivity contribution in [3.63, 3.8) is 0 Å². The lowest BCUT2D eigenvalue weighted by Crippen LogP contribution is -2.15. The van der Waals surface area contributed by atoms with Crippen molar-refractivity contribution in [2.75, 3.05) is 25.2 Å². The standard InChI is InChI=1S/C13H18O3S/c1-11(13(14)15-2)10-17-9-8-16-12-6-4-3-5-7-12/h3-7,11H,8-10H2,1-2H3. The van der Waals surface area contributed by atoms with Gasteiger partial charge in [-0.1, -0.05) is 25.1 Å². The summed E-state index contributed by atoms with van der Waals surface area (Å²) in [6.45, 7) is 2.53. The topological polar surface area (TPSA) is 35.5 Å². The average molecular weight is 254 g/mol. The maximum Gasteiger partial charge on any atom is 0.309 e. The Morgan fingerprint density at radius 3 is 2.71 bits per heavy atom. The van der Waals surface area contributed by atoms with Crippen LogP contribution in [0.4, 0.5) is 0 Å². The zero-order valence-electron chi connectivity index (χ0n) is 10.2. The van der Waals surface area contributed by atoms with E-state index in [-0.39, 0.29) is 11.9 Å². The molecule has 3 nitrogen and oxygen atoms in total. The van der Waals surface area contributed by atoms with Gasteiger partial charge in [0, 0.05) is 11.5 Å². The third kappa shape index (κ3) is 5.63. The third-order valence-corrected chi connectivity index (χ3v) is 3.40. The molecule has 1 aromatic carbocycles. The lowest BCUT2D eigenvalue weighted by molar-refractivity contribution is -0.143. The molecule has 0 spiro atoms. The molecule has 1 rings (SSSR count). The summed E-state index contributed by atoms with van der Waals surface area (Å²) in [6, 6.07) is 9.72. The SMILES string of the molecule is COC(=O)C(C)CSCCOc1ccccc1. The van der Waals surface area contributed by atoms with Crippen LogP contribution in [0.25, 0.3) is 0 Å². The highest BCUT2D eigenvalue weighted by molar-refractivity contribution is 7.99. The molecule has 0 N–H and O–H groups in total. The molecule has 0 fully saturated rings. The predicted octanol–water partition coefficient (Wildman–Crippen LogP) is 2.61. The number of benzene rings is 1. The summed E-state index contributed by atoms with van der Waals surface area (Å²) in [4.78, 5) is 11.1. The summed E-state index contributed by atoms with van der Waals surface area (Å²) in [5, 5.41) is 0. The third-order valence-electron chi connectivity index (χ3n) is 2.21. The van der Waals surface area contributed by atoms with Gasteiger partial charge in [0.25, 0.3) is 0 Å². The van der Waals surface area contributed by atoms with Crippen LogP contribution in [0.15, 0.2) is 30.3 Å². The molecule has 0 aliphatic heterocycles. The summed E-state index contributed by atoms with van der Waals surface area (Å²) >= 11 is 1.70. The Morgan fingerprint density at radius 1 is 1.35 bits per heavy atom. The van der Waals surface area contributed by atoms with E-state index >= 15 is 0 Å². The van der Waals surface area contributed by atoms with Gasteiger partial charge in [-0.3, -0.25) is 4.79 Å². The lowest BCUT2D eigenvalue weighted by Gasteiger charge is -2.09. The molecule has 0 amide bonds. The van der Waals surface area contributed by atoms with Crippen molar-refractivity contribution in [1.29, 1.82) is 0 Å². The van der Waals surface area contributed by atoms with Crippen LogP contribution in [0, 0.1) is 5.92 Å². The molecular weight excluding hydrogens is 236 g/mol. The smallest absolute Gasteiger partial charge is 0.309 e. The molecule has 1 atom stereocenters. The van der Waals surface area contributed by atoms with Crippen molar-refractivity contribution in [2.45, 2.75) is 6.92 Å². The second-order valence-corrected chi connectivity index (χ2v) is 4.81. The van der Waals surface area contributed by atoms with E-state index in [9.17, 15) is 4.79 Å². The van der Waals surface area contributed by atoms with Gasteiger partial charge < -0.3 is 9.47 Å². The van der Waals surface area contributed by atoms with E-state index in [0.717, 1.165) is 17.3 Å². The van der Waals surface area contributed by atoms with Gasteiger partial charge in [-0.25, -0.2) is 0 Å². The summed E-state index contributed by atoms with van der Waals surface area (Å²) in [6.07, 6.45) is 0. The van der Waals surface area contributed by atoms with Gasteiger partial charge in [-0.15, -0.1) is 0 Å². The number of rotatable bonds is 7. The molecule has 0 radical (unpaired) electrons. The molecule has 0 heterocycles. The van der Waals surface area contributed by atoms with E-state index in [2.05, 4.69) is 4.74 Å². The zero-order valence-corrected chi connectivity index (χ0v) is 11.0. The number of carbonyl (C=O) groups is 1. The number of para-hydroxylation sites is 1. The van der Waals surface area contributed by atoms with Gasteiger partial charge in [0.2, 0.25) is 0 Å². The summed E-state index contributed by atoms with van der Waals surface area (Å²) in [5.74, 6) is 2.32. The number of methoxy groups -OCH3 is 1. The van der Waals surface area contributed by atoms with E-state index in [0.29, 0.717) is 6.61 Å². The number of carbonyl (C=O) groups excluding carboxylic acids is 1. The molecule has 0 aliphatic rings. The van der Waals surface area contributed by atoms with Gasteiger partial charge in [-0.05, 0) is 12.1 Å². The highest BCUT2D eigenvalue weighted by Gasteiger charge is 2.12. The summed E-state index contributed by atoms with van der Waals surface area (Å²) < 4.78 is 10.2. The zero-order chi connectivity index (χ0) is 12.5. The Labute approximate surface area is 106 Å². The van der Waals surface area contributed by atoms with Crippen molar-refractivity contribution in [1.82, 2.24) is 0 Å². The van der Waals surface area contributed by atoms with Gasteiger partial charge in [0.05, 0.1) is 19.6 Å². The van der Waals surface area contributed by atoms with E-state index in [1.807, 2.05) is 37.3 Å².